The third-order valence-corrected chi connectivity index (χ3v) is 6.01. The molecule has 1 aliphatic carbocycles. The van der Waals surface area contributed by atoms with Gasteiger partial charge >= 0.3 is 5.97 Å². The molecule has 0 bridgehead atoms. The standard InChI is InChI=1S/C21H29NO4/c1-4-26-20(24)21(2)14-22(16-7-9-17(23)10-8-16)13-19(21)15-5-11-18(25-3)12-6-15/h5-6,11-12,16,19H,4,7-10,13-14H2,1-3H3/t19-,21+/m0/s1. The van der Waals surface area contributed by atoms with Crippen molar-refractivity contribution in [2.75, 3.05) is 26.8 Å². The fourth-order valence-corrected chi connectivity index (χ4v) is 4.41. The van der Waals surface area contributed by atoms with Gasteiger partial charge in [0, 0.05) is 37.9 Å². The van der Waals surface area contributed by atoms with Crippen molar-refractivity contribution in [3.8, 4) is 5.75 Å². The number of likely N-dealkylation sites (tertiary alicyclic amines) is 1. The number of benzene rings is 1. The highest BCUT2D eigenvalue weighted by atomic mass is 16.5. The van der Waals surface area contributed by atoms with Crippen molar-refractivity contribution in [3.63, 3.8) is 0 Å². The molecule has 3 rings (SSSR count). The molecule has 5 nitrogen and oxygen atoms in total. The van der Waals surface area contributed by atoms with Gasteiger partial charge in [-0.3, -0.25) is 14.5 Å². The molecule has 1 aromatic rings. The molecular formula is C21H29NO4. The Kier molecular flexibility index (Phi) is 5.66. The quantitative estimate of drug-likeness (QED) is 0.756. The molecule has 2 aliphatic rings. The van der Waals surface area contributed by atoms with Crippen LogP contribution >= 0.6 is 0 Å². The van der Waals surface area contributed by atoms with Crippen molar-refractivity contribution in [2.45, 2.75) is 51.5 Å². The van der Waals surface area contributed by atoms with Crippen LogP contribution in [0.25, 0.3) is 0 Å². The summed E-state index contributed by atoms with van der Waals surface area (Å²) < 4.78 is 10.7. The molecule has 1 saturated heterocycles. The molecule has 5 heteroatoms. The van der Waals surface area contributed by atoms with E-state index in [4.69, 9.17) is 9.47 Å². The third-order valence-electron chi connectivity index (χ3n) is 6.01. The second-order valence-electron chi connectivity index (χ2n) is 7.66. The number of carbonyl (C=O) groups is 2. The Morgan fingerprint density at radius 1 is 1.23 bits per heavy atom. The number of rotatable bonds is 5. The van der Waals surface area contributed by atoms with Crippen LogP contribution in [0.4, 0.5) is 0 Å². The van der Waals surface area contributed by atoms with Crippen LogP contribution in [0.2, 0.25) is 0 Å². The van der Waals surface area contributed by atoms with E-state index >= 15 is 0 Å². The SMILES string of the molecule is CCOC(=O)[C@]1(C)CN(C2CCC(=O)CC2)C[C@H]1c1ccc(OC)cc1. The lowest BCUT2D eigenvalue weighted by Crippen LogP contribution is -2.40. The minimum atomic E-state index is -0.577. The number of ketones is 1. The van der Waals surface area contributed by atoms with Crippen LogP contribution in [0.3, 0.4) is 0 Å². The van der Waals surface area contributed by atoms with E-state index in [2.05, 4.69) is 17.0 Å². The Balaban J connectivity index is 1.85. The van der Waals surface area contributed by atoms with Crippen molar-refractivity contribution >= 4 is 11.8 Å². The number of ether oxygens (including phenoxy) is 2. The van der Waals surface area contributed by atoms with Crippen LogP contribution in [0.1, 0.15) is 51.0 Å². The average Bonchev–Trinajstić information content (AvgIpc) is 3.01. The van der Waals surface area contributed by atoms with Crippen LogP contribution in [-0.4, -0.2) is 49.5 Å². The second kappa shape index (κ2) is 7.78. The molecule has 1 aliphatic heterocycles. The van der Waals surface area contributed by atoms with E-state index in [9.17, 15) is 9.59 Å². The highest BCUT2D eigenvalue weighted by Crippen LogP contribution is 2.45. The fraction of sp³-hybridized carbons (Fsp3) is 0.619. The summed E-state index contributed by atoms with van der Waals surface area (Å²) >= 11 is 0. The van der Waals surface area contributed by atoms with Crippen molar-refractivity contribution in [2.24, 2.45) is 5.41 Å². The van der Waals surface area contributed by atoms with Gasteiger partial charge in [-0.05, 0) is 44.4 Å². The van der Waals surface area contributed by atoms with Crippen LogP contribution in [0, 0.1) is 5.41 Å². The Morgan fingerprint density at radius 3 is 2.46 bits per heavy atom. The molecule has 2 fully saturated rings. The van der Waals surface area contributed by atoms with Crippen molar-refractivity contribution < 1.29 is 19.1 Å². The normalized spacial score (nSPS) is 27.5. The molecule has 26 heavy (non-hydrogen) atoms. The van der Waals surface area contributed by atoms with Crippen molar-refractivity contribution in [3.05, 3.63) is 29.8 Å². The number of hydrogen-bond acceptors (Lipinski definition) is 5. The molecule has 142 valence electrons. The molecule has 1 heterocycles. The van der Waals surface area contributed by atoms with Crippen LogP contribution < -0.4 is 4.74 Å². The number of esters is 1. The first-order valence-electron chi connectivity index (χ1n) is 9.55. The lowest BCUT2D eigenvalue weighted by Gasteiger charge is -2.31. The molecule has 0 N–H and O–H groups in total. The molecule has 0 unspecified atom stereocenters. The van der Waals surface area contributed by atoms with Crippen LogP contribution in [0.15, 0.2) is 24.3 Å². The number of nitrogens with zero attached hydrogens (tertiary/aromatic N) is 1. The highest BCUT2D eigenvalue weighted by molar-refractivity contribution is 5.80. The maximum Gasteiger partial charge on any atom is 0.313 e. The van der Waals surface area contributed by atoms with Gasteiger partial charge in [0.05, 0.1) is 19.1 Å². The molecule has 2 atom stereocenters. The van der Waals surface area contributed by atoms with E-state index in [-0.39, 0.29) is 11.9 Å². The summed E-state index contributed by atoms with van der Waals surface area (Å²) in [5.41, 5.74) is 0.558. The zero-order valence-corrected chi connectivity index (χ0v) is 16.0. The predicted molar refractivity (Wildman–Crippen MR) is 99.3 cm³/mol. The Bertz CT molecular complexity index is 646. The van der Waals surface area contributed by atoms with Crippen molar-refractivity contribution in [1.29, 1.82) is 0 Å². The van der Waals surface area contributed by atoms with Gasteiger partial charge in [0.25, 0.3) is 0 Å². The Morgan fingerprint density at radius 2 is 1.88 bits per heavy atom. The monoisotopic (exact) mass is 359 g/mol. The molecule has 0 aromatic heterocycles. The largest absolute Gasteiger partial charge is 0.497 e. The molecule has 1 aromatic carbocycles. The van der Waals surface area contributed by atoms with E-state index in [0.29, 0.717) is 37.8 Å². The topological polar surface area (TPSA) is 55.8 Å². The van der Waals surface area contributed by atoms with Gasteiger partial charge in [0.2, 0.25) is 0 Å². The Hall–Kier alpha value is -1.88. The summed E-state index contributed by atoms with van der Waals surface area (Å²) in [6.45, 7) is 5.76. The van der Waals surface area contributed by atoms with Gasteiger partial charge in [-0.25, -0.2) is 0 Å². The van der Waals surface area contributed by atoms with E-state index < -0.39 is 5.41 Å². The number of Topliss-reactive ketones (excluding diaryl/α,β-unsaturated/α-hetero) is 1. The van der Waals surface area contributed by atoms with E-state index in [1.54, 1.807) is 7.11 Å². The van der Waals surface area contributed by atoms with Gasteiger partial charge in [-0.15, -0.1) is 0 Å². The summed E-state index contributed by atoms with van der Waals surface area (Å²) in [6, 6.07) is 8.37. The predicted octanol–water partition coefficient (Wildman–Crippen LogP) is 3.18. The van der Waals surface area contributed by atoms with Crippen molar-refractivity contribution in [1.82, 2.24) is 4.90 Å². The first-order chi connectivity index (χ1) is 12.5. The maximum atomic E-state index is 12.8. The first-order valence-corrected chi connectivity index (χ1v) is 9.55. The maximum absolute atomic E-state index is 12.8. The van der Waals surface area contributed by atoms with E-state index in [1.807, 2.05) is 26.0 Å². The molecule has 1 saturated carbocycles. The zero-order chi connectivity index (χ0) is 18.7. The summed E-state index contributed by atoms with van der Waals surface area (Å²) in [7, 11) is 1.65. The molecule has 0 spiro atoms. The minimum absolute atomic E-state index is 0.0742. The number of methoxy groups -OCH3 is 1. The van der Waals surface area contributed by atoms with Gasteiger partial charge in [-0.1, -0.05) is 12.1 Å². The zero-order valence-electron chi connectivity index (χ0n) is 16.0. The minimum Gasteiger partial charge on any atom is -0.497 e. The third kappa shape index (κ3) is 3.63. The van der Waals surface area contributed by atoms with Gasteiger partial charge in [0.15, 0.2) is 0 Å². The van der Waals surface area contributed by atoms with Gasteiger partial charge in [-0.2, -0.15) is 0 Å². The number of hydrogen-bond donors (Lipinski definition) is 0. The smallest absolute Gasteiger partial charge is 0.313 e. The summed E-state index contributed by atoms with van der Waals surface area (Å²) in [6.07, 6.45) is 3.11. The summed E-state index contributed by atoms with van der Waals surface area (Å²) in [4.78, 5) is 26.8. The van der Waals surface area contributed by atoms with E-state index in [1.165, 1.54) is 0 Å². The van der Waals surface area contributed by atoms with Crippen LogP contribution in [0.5, 0.6) is 5.75 Å². The highest BCUT2D eigenvalue weighted by Gasteiger charge is 2.51. The van der Waals surface area contributed by atoms with Gasteiger partial charge in [0.1, 0.15) is 11.5 Å². The average molecular weight is 359 g/mol. The Labute approximate surface area is 155 Å². The van der Waals surface area contributed by atoms with E-state index in [0.717, 1.165) is 30.7 Å². The molecule has 0 radical (unpaired) electrons. The lowest BCUT2D eigenvalue weighted by molar-refractivity contribution is -0.154. The summed E-state index contributed by atoms with van der Waals surface area (Å²) in [5, 5.41) is 0. The second-order valence-corrected chi connectivity index (χ2v) is 7.66. The van der Waals surface area contributed by atoms with Gasteiger partial charge < -0.3 is 9.47 Å². The first kappa shape index (κ1) is 18.9. The molecular weight excluding hydrogens is 330 g/mol. The lowest BCUT2D eigenvalue weighted by atomic mass is 9.76. The van der Waals surface area contributed by atoms with Crippen LogP contribution in [-0.2, 0) is 14.3 Å². The fourth-order valence-electron chi connectivity index (χ4n) is 4.41. The number of carbonyl (C=O) groups excluding carboxylic acids is 2. The molecule has 0 amide bonds. The summed E-state index contributed by atoms with van der Waals surface area (Å²) in [5.74, 6) is 1.12.